The van der Waals surface area contributed by atoms with Crippen LogP contribution in [0.2, 0.25) is 0 Å². The maximum absolute atomic E-state index is 12.8. The third-order valence-corrected chi connectivity index (χ3v) is 3.50. The molecule has 7 heteroatoms. The average molecular weight is 340 g/mol. The van der Waals surface area contributed by atoms with Crippen molar-refractivity contribution < 1.29 is 22.0 Å². The summed E-state index contributed by atoms with van der Waals surface area (Å²) in [5, 5.41) is 0. The number of hydrogen-bond acceptors (Lipinski definition) is 0. The van der Waals surface area contributed by atoms with Crippen LogP contribution < -0.4 is 0 Å². The van der Waals surface area contributed by atoms with E-state index in [4.69, 9.17) is 0 Å². The standard InChI is InChI=1S/C7HBr2F5/c8-5-3(11)1-2(10)4(6(5)9)7(12,13)14/h1H. The SMILES string of the molecule is Fc1cc(F)c(C(F)(F)F)c(Br)c1Br. The Hall–Kier alpha value is -0.170. The summed E-state index contributed by atoms with van der Waals surface area (Å²) >= 11 is 5.04. The van der Waals surface area contributed by atoms with Crippen molar-refractivity contribution in [1.82, 2.24) is 0 Å². The lowest BCUT2D eigenvalue weighted by Crippen LogP contribution is -2.10. The highest BCUT2D eigenvalue weighted by Gasteiger charge is 2.38. The number of hydrogen-bond donors (Lipinski definition) is 0. The largest absolute Gasteiger partial charge is 0.420 e. The Morgan fingerprint density at radius 3 is 1.86 bits per heavy atom. The Labute approximate surface area is 92.4 Å². The maximum Gasteiger partial charge on any atom is 0.420 e. The van der Waals surface area contributed by atoms with E-state index in [0.717, 1.165) is 0 Å². The van der Waals surface area contributed by atoms with Gasteiger partial charge in [-0.2, -0.15) is 13.2 Å². The Morgan fingerprint density at radius 2 is 1.43 bits per heavy atom. The van der Waals surface area contributed by atoms with E-state index in [2.05, 4.69) is 31.9 Å². The van der Waals surface area contributed by atoms with E-state index in [9.17, 15) is 22.0 Å². The first-order valence-electron chi connectivity index (χ1n) is 3.15. The molecule has 0 aliphatic rings. The van der Waals surface area contributed by atoms with Gasteiger partial charge in [-0.1, -0.05) is 0 Å². The highest BCUT2D eigenvalue weighted by Crippen LogP contribution is 2.41. The smallest absolute Gasteiger partial charge is 0.206 e. The molecule has 0 fully saturated rings. The van der Waals surface area contributed by atoms with Crippen molar-refractivity contribution in [3.63, 3.8) is 0 Å². The van der Waals surface area contributed by atoms with Gasteiger partial charge in [-0.25, -0.2) is 8.78 Å². The molecule has 0 heterocycles. The molecule has 0 spiro atoms. The molecule has 0 saturated heterocycles. The summed E-state index contributed by atoms with van der Waals surface area (Å²) in [6.07, 6.45) is -4.86. The molecule has 0 bridgehead atoms. The molecule has 78 valence electrons. The Bertz CT molecular complexity index is 371. The van der Waals surface area contributed by atoms with Crippen molar-refractivity contribution in [3.05, 3.63) is 32.2 Å². The summed E-state index contributed by atoms with van der Waals surface area (Å²) < 4.78 is 61.0. The lowest BCUT2D eigenvalue weighted by molar-refractivity contribution is -0.140. The maximum atomic E-state index is 12.8. The van der Waals surface area contributed by atoms with Crippen molar-refractivity contribution in [2.75, 3.05) is 0 Å². The monoisotopic (exact) mass is 338 g/mol. The fourth-order valence-electron chi connectivity index (χ4n) is 0.826. The van der Waals surface area contributed by atoms with E-state index in [-0.39, 0.29) is 6.07 Å². The van der Waals surface area contributed by atoms with Gasteiger partial charge in [0.05, 0.1) is 4.47 Å². The number of benzene rings is 1. The lowest BCUT2D eigenvalue weighted by Gasteiger charge is -2.11. The molecule has 0 nitrogen and oxygen atoms in total. The van der Waals surface area contributed by atoms with Crippen LogP contribution in [0.5, 0.6) is 0 Å². The molecule has 1 aromatic carbocycles. The molecule has 0 aliphatic carbocycles. The fourth-order valence-corrected chi connectivity index (χ4v) is 1.74. The summed E-state index contributed by atoms with van der Waals surface area (Å²) in [5.41, 5.74) is -1.52. The lowest BCUT2D eigenvalue weighted by atomic mass is 10.2. The van der Waals surface area contributed by atoms with Crippen molar-refractivity contribution in [3.8, 4) is 0 Å². The molecule has 0 N–H and O–H groups in total. The fraction of sp³-hybridized carbons (Fsp3) is 0.143. The first-order chi connectivity index (χ1) is 6.25. The Balaban J connectivity index is 3.53. The van der Waals surface area contributed by atoms with Gasteiger partial charge in [0.25, 0.3) is 0 Å². The zero-order valence-corrected chi connectivity index (χ0v) is 9.40. The molecule has 0 atom stereocenters. The van der Waals surface area contributed by atoms with Gasteiger partial charge in [0.2, 0.25) is 0 Å². The Morgan fingerprint density at radius 1 is 0.929 bits per heavy atom. The van der Waals surface area contributed by atoms with Gasteiger partial charge < -0.3 is 0 Å². The molecule has 0 aromatic heterocycles. The predicted octanol–water partition coefficient (Wildman–Crippen LogP) is 4.51. The molecule has 0 unspecified atom stereocenters. The number of alkyl halides is 3. The van der Waals surface area contributed by atoms with Gasteiger partial charge in [-0.15, -0.1) is 0 Å². The van der Waals surface area contributed by atoms with Gasteiger partial charge in [-0.05, 0) is 31.9 Å². The molecule has 1 rings (SSSR count). The third kappa shape index (κ3) is 2.08. The zero-order valence-electron chi connectivity index (χ0n) is 6.22. The van der Waals surface area contributed by atoms with E-state index in [1.807, 2.05) is 0 Å². The summed E-state index contributed by atoms with van der Waals surface area (Å²) in [6, 6.07) is 0.178. The minimum Gasteiger partial charge on any atom is -0.206 e. The second kappa shape index (κ2) is 3.77. The van der Waals surface area contributed by atoms with E-state index in [1.165, 1.54) is 0 Å². The highest BCUT2D eigenvalue weighted by molar-refractivity contribution is 9.13. The molecule has 14 heavy (non-hydrogen) atoms. The van der Waals surface area contributed by atoms with Crippen LogP contribution in [0, 0.1) is 11.6 Å². The third-order valence-electron chi connectivity index (χ3n) is 1.40. The summed E-state index contributed by atoms with van der Waals surface area (Å²) in [7, 11) is 0. The first kappa shape index (κ1) is 11.9. The molecule has 1 aromatic rings. The van der Waals surface area contributed by atoms with Gasteiger partial charge in [-0.3, -0.25) is 0 Å². The van der Waals surface area contributed by atoms with Gasteiger partial charge in [0.1, 0.15) is 17.2 Å². The van der Waals surface area contributed by atoms with Crippen LogP contribution in [0.25, 0.3) is 0 Å². The predicted molar refractivity (Wildman–Crippen MR) is 46.8 cm³/mol. The normalized spacial score (nSPS) is 11.9. The minimum absolute atomic E-state index is 0.178. The second-order valence-corrected chi connectivity index (χ2v) is 3.93. The molecular weight excluding hydrogens is 339 g/mol. The van der Waals surface area contributed by atoms with Crippen molar-refractivity contribution in [1.29, 1.82) is 0 Å². The van der Waals surface area contributed by atoms with Crippen LogP contribution in [-0.4, -0.2) is 0 Å². The molecule has 0 saturated carbocycles. The van der Waals surface area contributed by atoms with Crippen molar-refractivity contribution >= 4 is 31.9 Å². The molecule has 0 aliphatic heterocycles. The second-order valence-electron chi connectivity index (χ2n) is 2.34. The topological polar surface area (TPSA) is 0 Å². The summed E-state index contributed by atoms with van der Waals surface area (Å²) in [5.74, 6) is -2.74. The van der Waals surface area contributed by atoms with Crippen LogP contribution in [0.4, 0.5) is 22.0 Å². The number of halogens is 7. The number of rotatable bonds is 0. The first-order valence-corrected chi connectivity index (χ1v) is 4.74. The van der Waals surface area contributed by atoms with Crippen molar-refractivity contribution in [2.24, 2.45) is 0 Å². The highest BCUT2D eigenvalue weighted by atomic mass is 79.9. The molecule has 0 amide bonds. The van der Waals surface area contributed by atoms with Crippen molar-refractivity contribution in [2.45, 2.75) is 6.18 Å². The average Bonchev–Trinajstić information content (AvgIpc) is 1.97. The quantitative estimate of drug-likeness (QED) is 0.370. The van der Waals surface area contributed by atoms with Crippen LogP contribution >= 0.6 is 31.9 Å². The Kier molecular flexibility index (Phi) is 3.20. The van der Waals surface area contributed by atoms with E-state index in [1.54, 1.807) is 0 Å². The van der Waals surface area contributed by atoms with Crippen LogP contribution in [0.3, 0.4) is 0 Å². The van der Waals surface area contributed by atoms with Crippen LogP contribution in [-0.2, 0) is 6.18 Å². The van der Waals surface area contributed by atoms with Gasteiger partial charge in [0, 0.05) is 10.5 Å². The van der Waals surface area contributed by atoms with E-state index < -0.39 is 32.3 Å². The summed E-state index contributed by atoms with van der Waals surface area (Å²) in [4.78, 5) is 0. The zero-order chi connectivity index (χ0) is 11.1. The molecule has 0 radical (unpaired) electrons. The van der Waals surface area contributed by atoms with Crippen LogP contribution in [0.15, 0.2) is 15.0 Å². The summed E-state index contributed by atoms with van der Waals surface area (Å²) in [6.45, 7) is 0. The van der Waals surface area contributed by atoms with E-state index in [0.29, 0.717) is 0 Å². The molecular formula is C7HBr2F5. The minimum atomic E-state index is -4.86. The van der Waals surface area contributed by atoms with E-state index >= 15 is 0 Å². The van der Waals surface area contributed by atoms with Gasteiger partial charge in [0.15, 0.2) is 0 Å². The van der Waals surface area contributed by atoms with Gasteiger partial charge >= 0.3 is 6.18 Å². The van der Waals surface area contributed by atoms with Crippen LogP contribution in [0.1, 0.15) is 5.56 Å².